The van der Waals surface area contributed by atoms with Crippen molar-refractivity contribution in [3.63, 3.8) is 0 Å². The van der Waals surface area contributed by atoms with E-state index < -0.39 is 11.9 Å². The molecule has 0 aliphatic carbocycles. The largest absolute Gasteiger partial charge is 0.497 e. The van der Waals surface area contributed by atoms with Gasteiger partial charge in [-0.1, -0.05) is 88.9 Å². The third-order valence-corrected chi connectivity index (χ3v) is 11.9. The first-order chi connectivity index (χ1) is 25.9. The molecule has 54 heavy (non-hydrogen) atoms. The minimum Gasteiger partial charge on any atom is -0.497 e. The van der Waals surface area contributed by atoms with Crippen LogP contribution in [0, 0.1) is 0 Å². The van der Waals surface area contributed by atoms with Crippen LogP contribution in [0.25, 0.3) is 54.8 Å². The zero-order chi connectivity index (χ0) is 38.5. The molecule has 7 nitrogen and oxygen atoms in total. The number of hydrogen-bond donors (Lipinski definition) is 1. The van der Waals surface area contributed by atoms with Gasteiger partial charge in [-0.15, -0.1) is 22.7 Å². The smallest absolute Gasteiger partial charge is 0.339 e. The van der Waals surface area contributed by atoms with Gasteiger partial charge in [-0.3, -0.25) is 0 Å². The maximum Gasteiger partial charge on any atom is 0.339 e. The van der Waals surface area contributed by atoms with E-state index in [0.717, 1.165) is 49.2 Å². The lowest BCUT2D eigenvalue weighted by Gasteiger charge is -2.09. The number of nitrogens with zero attached hydrogens (tertiary/aromatic N) is 2. The van der Waals surface area contributed by atoms with Gasteiger partial charge in [0.15, 0.2) is 0 Å². The summed E-state index contributed by atoms with van der Waals surface area (Å²) in [6.45, 7) is 0. The molecule has 272 valence electrons. The van der Waals surface area contributed by atoms with E-state index in [1.54, 1.807) is 49.6 Å². The molecule has 2 aromatic heterocycles. The van der Waals surface area contributed by atoms with Crippen molar-refractivity contribution >= 4 is 96.9 Å². The van der Waals surface area contributed by atoms with Crippen molar-refractivity contribution in [3.8, 4) is 60.5 Å². The highest BCUT2D eigenvalue weighted by molar-refractivity contribution is 9.10. The molecule has 0 fully saturated rings. The van der Waals surface area contributed by atoms with Crippen molar-refractivity contribution < 1.29 is 24.2 Å². The Hall–Kier alpha value is -4.26. The second-order valence-electron chi connectivity index (χ2n) is 11.3. The van der Waals surface area contributed by atoms with Gasteiger partial charge in [0.05, 0.1) is 56.8 Å². The van der Waals surface area contributed by atoms with E-state index in [1.807, 2.05) is 65.4 Å². The predicted octanol–water partition coefficient (Wildman–Crippen LogP) is 13.5. The number of rotatable bonds is 8. The molecule has 7 aromatic rings. The summed E-state index contributed by atoms with van der Waals surface area (Å²) in [6, 6.07) is 28.8. The minimum absolute atomic E-state index is 0.201. The van der Waals surface area contributed by atoms with Gasteiger partial charge in [-0.25, -0.2) is 19.6 Å². The number of carbonyl (C=O) groups excluding carboxylic acids is 1. The second-order valence-corrected chi connectivity index (χ2v) is 15.5. The number of halogens is 5. The van der Waals surface area contributed by atoms with Crippen LogP contribution in [0.2, 0.25) is 20.1 Å². The third-order valence-electron chi connectivity index (χ3n) is 7.94. The molecule has 7 rings (SSSR count). The maximum atomic E-state index is 12.0. The van der Waals surface area contributed by atoms with Crippen molar-refractivity contribution in [2.45, 2.75) is 0 Å². The third kappa shape index (κ3) is 8.98. The Labute approximate surface area is 346 Å². The molecule has 0 atom stereocenters. The average Bonchev–Trinajstić information content (AvgIpc) is 3.89. The highest BCUT2D eigenvalue weighted by Crippen LogP contribution is 2.36. The zero-order valence-electron chi connectivity index (χ0n) is 28.1. The number of thiazole rings is 2. The Kier molecular flexibility index (Phi) is 12.8. The number of carboxylic acids is 1. The van der Waals surface area contributed by atoms with Crippen LogP contribution in [-0.4, -0.2) is 41.2 Å². The number of benzene rings is 5. The van der Waals surface area contributed by atoms with E-state index in [-0.39, 0.29) is 5.56 Å². The van der Waals surface area contributed by atoms with Crippen molar-refractivity contribution in [3.05, 3.63) is 144 Å². The van der Waals surface area contributed by atoms with E-state index in [0.29, 0.717) is 41.4 Å². The summed E-state index contributed by atoms with van der Waals surface area (Å²) < 4.78 is 10.7. The maximum absolute atomic E-state index is 12.0. The summed E-state index contributed by atoms with van der Waals surface area (Å²) >= 11 is 30.4. The molecule has 0 radical (unpaired) electrons. The molecule has 0 amide bonds. The van der Waals surface area contributed by atoms with Crippen molar-refractivity contribution in [2.24, 2.45) is 0 Å². The van der Waals surface area contributed by atoms with E-state index in [1.165, 1.54) is 29.8 Å². The van der Waals surface area contributed by atoms with Gasteiger partial charge >= 0.3 is 11.9 Å². The Bertz CT molecular complexity index is 2520. The van der Waals surface area contributed by atoms with Crippen LogP contribution >= 0.6 is 85.0 Å². The van der Waals surface area contributed by atoms with Crippen LogP contribution in [-0.2, 0) is 4.74 Å². The molecule has 0 bridgehead atoms. The Morgan fingerprint density at radius 2 is 1.17 bits per heavy atom. The molecule has 0 aliphatic heterocycles. The molecule has 14 heteroatoms. The molecular formula is C40H25BrCl4N2O5S2. The quantitative estimate of drug-likeness (QED) is 0.152. The molecule has 0 spiro atoms. The van der Waals surface area contributed by atoms with Gasteiger partial charge in [0.2, 0.25) is 0 Å². The average molecular weight is 899 g/mol. The fourth-order valence-corrected chi connectivity index (χ4v) is 7.87. The topological polar surface area (TPSA) is 98.6 Å². The van der Waals surface area contributed by atoms with E-state index in [2.05, 4.69) is 25.9 Å². The second kappa shape index (κ2) is 17.5. The first-order valence-electron chi connectivity index (χ1n) is 15.7. The highest BCUT2D eigenvalue weighted by atomic mass is 79.9. The van der Waals surface area contributed by atoms with Crippen LogP contribution in [0.3, 0.4) is 0 Å². The number of esters is 1. The molecule has 1 N–H and O–H groups in total. The summed E-state index contributed by atoms with van der Waals surface area (Å²) in [4.78, 5) is 33.1. The van der Waals surface area contributed by atoms with Gasteiger partial charge in [-0.2, -0.15) is 0 Å². The van der Waals surface area contributed by atoms with E-state index >= 15 is 0 Å². The fourth-order valence-electron chi connectivity index (χ4n) is 5.21. The molecule has 0 saturated heterocycles. The van der Waals surface area contributed by atoms with Gasteiger partial charge < -0.3 is 14.6 Å². The van der Waals surface area contributed by atoms with Crippen molar-refractivity contribution in [1.82, 2.24) is 9.97 Å². The predicted molar refractivity (Wildman–Crippen MR) is 224 cm³/mol. The van der Waals surface area contributed by atoms with Gasteiger partial charge in [0.25, 0.3) is 0 Å². The standard InChI is InChI=1S/C23H15Cl2NO3S.C17H10BrCl2NO2S/c1-29-16-4-2-3-13(9-16)17-7-5-15(10-18(17)23(27)28)22-26-21(12-30-22)14-6-8-19(24)20(25)11-14;1-23-17(22)11-6-10(2-4-12(11)18)16-21-15(8-24-16)9-3-5-13(19)14(20)7-9/h2-12H,1H3,(H,27,28);2-8H,1H3. The Morgan fingerprint density at radius 3 is 1.69 bits per heavy atom. The number of aromatic carboxylic acids is 1. The number of aromatic nitrogens is 2. The van der Waals surface area contributed by atoms with Gasteiger partial charge in [0.1, 0.15) is 15.8 Å². The van der Waals surface area contributed by atoms with Crippen LogP contribution < -0.4 is 4.74 Å². The SMILES string of the molecule is COC(=O)c1cc(-c2nc(-c3ccc(Cl)c(Cl)c3)cs2)ccc1Br.COc1cccc(-c2ccc(-c3nc(-c4ccc(Cl)c(Cl)c4)cs3)cc2C(=O)O)c1. The number of carboxylic acid groups (broad SMARTS) is 1. The summed E-state index contributed by atoms with van der Waals surface area (Å²) in [5.41, 5.74) is 6.91. The molecule has 0 aliphatic rings. The van der Waals surface area contributed by atoms with E-state index in [4.69, 9.17) is 55.9 Å². The summed E-state index contributed by atoms with van der Waals surface area (Å²) in [5, 5.41) is 17.1. The Balaban J connectivity index is 0.000000189. The normalized spacial score (nSPS) is 10.7. The molecule has 5 aromatic carbocycles. The summed E-state index contributed by atoms with van der Waals surface area (Å²) in [6.07, 6.45) is 0. The monoisotopic (exact) mass is 896 g/mol. The Morgan fingerprint density at radius 1 is 0.630 bits per heavy atom. The zero-order valence-corrected chi connectivity index (χ0v) is 34.3. The van der Waals surface area contributed by atoms with Gasteiger partial charge in [-0.05, 0) is 81.7 Å². The first-order valence-corrected chi connectivity index (χ1v) is 19.7. The number of hydrogen-bond acceptors (Lipinski definition) is 8. The van der Waals surface area contributed by atoms with Crippen LogP contribution in [0.1, 0.15) is 20.7 Å². The number of carbonyl (C=O) groups is 2. The molecular weight excluding hydrogens is 874 g/mol. The van der Waals surface area contributed by atoms with Crippen molar-refractivity contribution in [1.29, 1.82) is 0 Å². The molecule has 0 unspecified atom stereocenters. The lowest BCUT2D eigenvalue weighted by Crippen LogP contribution is -2.02. The summed E-state index contributed by atoms with van der Waals surface area (Å²) in [7, 11) is 2.93. The van der Waals surface area contributed by atoms with Crippen LogP contribution in [0.4, 0.5) is 0 Å². The lowest BCUT2D eigenvalue weighted by atomic mass is 9.97. The number of methoxy groups -OCH3 is 2. The minimum atomic E-state index is -1.00. The lowest BCUT2D eigenvalue weighted by molar-refractivity contribution is 0.0598. The number of ether oxygens (including phenoxy) is 2. The fraction of sp³-hybridized carbons (Fsp3) is 0.0500. The molecule has 0 saturated carbocycles. The summed E-state index contributed by atoms with van der Waals surface area (Å²) in [5.74, 6) is -0.736. The molecule has 2 heterocycles. The van der Waals surface area contributed by atoms with Crippen LogP contribution in [0.5, 0.6) is 5.75 Å². The van der Waals surface area contributed by atoms with E-state index in [9.17, 15) is 14.7 Å². The van der Waals surface area contributed by atoms with Crippen molar-refractivity contribution in [2.75, 3.05) is 14.2 Å². The first kappa shape index (κ1) is 39.4. The van der Waals surface area contributed by atoms with Gasteiger partial charge in [0, 0.05) is 37.5 Å². The highest BCUT2D eigenvalue weighted by Gasteiger charge is 2.17. The van der Waals surface area contributed by atoms with Crippen LogP contribution in [0.15, 0.2) is 112 Å².